The summed E-state index contributed by atoms with van der Waals surface area (Å²) in [6, 6.07) is 11.1. The second-order valence-corrected chi connectivity index (χ2v) is 7.32. The molecule has 0 bridgehead atoms. The van der Waals surface area contributed by atoms with Gasteiger partial charge in [0.15, 0.2) is 0 Å². The summed E-state index contributed by atoms with van der Waals surface area (Å²) >= 11 is 0. The van der Waals surface area contributed by atoms with Gasteiger partial charge in [0.25, 0.3) is 0 Å². The Hall–Kier alpha value is -1.61. The average molecular weight is 326 g/mol. The summed E-state index contributed by atoms with van der Waals surface area (Å²) in [5.74, 6) is 0.334. The Morgan fingerprint density at radius 2 is 2.04 bits per heavy atom. The number of likely N-dealkylation sites (tertiary alicyclic amines) is 1. The van der Waals surface area contributed by atoms with Crippen molar-refractivity contribution in [1.82, 2.24) is 9.80 Å². The minimum atomic E-state index is 0.334. The van der Waals surface area contributed by atoms with E-state index in [9.17, 15) is 4.79 Å². The van der Waals surface area contributed by atoms with Gasteiger partial charge in [-0.25, -0.2) is 0 Å². The number of hydrogen-bond acceptors (Lipinski definition) is 2. The van der Waals surface area contributed by atoms with Gasteiger partial charge in [0.1, 0.15) is 0 Å². The summed E-state index contributed by atoms with van der Waals surface area (Å²) in [5.41, 5.74) is 2.71. The molecule has 1 unspecified atom stereocenters. The van der Waals surface area contributed by atoms with Gasteiger partial charge in [0.2, 0.25) is 5.91 Å². The molecule has 0 N–H and O–H groups in total. The Kier molecular flexibility index (Phi) is 6.08. The van der Waals surface area contributed by atoms with E-state index in [1.54, 1.807) is 0 Å². The van der Waals surface area contributed by atoms with Gasteiger partial charge in [-0.2, -0.15) is 0 Å². The van der Waals surface area contributed by atoms with Crippen molar-refractivity contribution in [3.8, 4) is 0 Å². The van der Waals surface area contributed by atoms with Crippen LogP contribution in [0, 0.1) is 0 Å². The number of carbonyl (C=O) groups is 1. The van der Waals surface area contributed by atoms with Crippen molar-refractivity contribution in [3.05, 3.63) is 47.5 Å². The number of benzene rings is 1. The molecule has 1 aromatic carbocycles. The van der Waals surface area contributed by atoms with Crippen molar-refractivity contribution >= 4 is 5.91 Å². The highest BCUT2D eigenvalue weighted by atomic mass is 16.2. The molecule has 0 saturated carbocycles. The Morgan fingerprint density at radius 3 is 2.79 bits per heavy atom. The maximum atomic E-state index is 12.7. The molecule has 1 aromatic rings. The van der Waals surface area contributed by atoms with Gasteiger partial charge in [-0.15, -0.1) is 0 Å². The summed E-state index contributed by atoms with van der Waals surface area (Å²) < 4.78 is 0. The second kappa shape index (κ2) is 8.48. The summed E-state index contributed by atoms with van der Waals surface area (Å²) in [7, 11) is 2.19. The molecule has 24 heavy (non-hydrogen) atoms. The molecule has 3 heteroatoms. The smallest absolute Gasteiger partial charge is 0.226 e. The molecular weight excluding hydrogens is 296 g/mol. The zero-order valence-electron chi connectivity index (χ0n) is 14.9. The van der Waals surface area contributed by atoms with Gasteiger partial charge in [0, 0.05) is 32.1 Å². The van der Waals surface area contributed by atoms with Crippen LogP contribution in [0.3, 0.4) is 0 Å². The SMILES string of the molecule is CN(Cc1ccccc1)C1CCCN(C(=O)CC2=CCCCC2)C1. The van der Waals surface area contributed by atoms with E-state index in [-0.39, 0.29) is 0 Å². The first-order valence-electron chi connectivity index (χ1n) is 9.42. The zero-order valence-corrected chi connectivity index (χ0v) is 14.9. The van der Waals surface area contributed by atoms with E-state index in [0.717, 1.165) is 38.9 Å². The maximum Gasteiger partial charge on any atom is 0.226 e. The molecule has 1 fully saturated rings. The minimum Gasteiger partial charge on any atom is -0.341 e. The molecule has 1 amide bonds. The lowest BCUT2D eigenvalue weighted by Gasteiger charge is -2.38. The largest absolute Gasteiger partial charge is 0.341 e. The number of piperidine rings is 1. The van der Waals surface area contributed by atoms with Crippen LogP contribution in [-0.4, -0.2) is 41.9 Å². The minimum absolute atomic E-state index is 0.334. The van der Waals surface area contributed by atoms with Crippen LogP contribution >= 0.6 is 0 Å². The van der Waals surface area contributed by atoms with Gasteiger partial charge in [-0.1, -0.05) is 42.0 Å². The molecule has 3 nitrogen and oxygen atoms in total. The standard InChI is InChI=1S/C21H30N2O/c1-22(16-19-11-6-3-7-12-19)20-13-8-14-23(17-20)21(24)15-18-9-4-2-5-10-18/h3,6-7,9,11-12,20H,2,4-5,8,10,13-17H2,1H3. The average Bonchev–Trinajstić information content (AvgIpc) is 2.63. The van der Waals surface area contributed by atoms with Crippen molar-refractivity contribution in [1.29, 1.82) is 0 Å². The molecule has 3 rings (SSSR count). The second-order valence-electron chi connectivity index (χ2n) is 7.32. The number of hydrogen-bond donors (Lipinski definition) is 0. The van der Waals surface area contributed by atoms with E-state index in [2.05, 4.69) is 53.3 Å². The molecule has 1 saturated heterocycles. The van der Waals surface area contributed by atoms with E-state index >= 15 is 0 Å². The molecule has 1 heterocycles. The van der Waals surface area contributed by atoms with Crippen LogP contribution in [0.5, 0.6) is 0 Å². The number of nitrogens with zero attached hydrogens (tertiary/aromatic N) is 2. The molecule has 1 atom stereocenters. The summed E-state index contributed by atoms with van der Waals surface area (Å²) in [6.45, 7) is 2.77. The quantitative estimate of drug-likeness (QED) is 0.764. The number of carbonyl (C=O) groups excluding carboxylic acids is 1. The number of rotatable bonds is 5. The highest BCUT2D eigenvalue weighted by Crippen LogP contribution is 2.23. The predicted octanol–water partition coefficient (Wildman–Crippen LogP) is 4.00. The van der Waals surface area contributed by atoms with Crippen molar-refractivity contribution in [3.63, 3.8) is 0 Å². The van der Waals surface area contributed by atoms with Crippen molar-refractivity contribution in [2.75, 3.05) is 20.1 Å². The molecule has 0 aromatic heterocycles. The monoisotopic (exact) mass is 326 g/mol. The molecule has 1 aliphatic carbocycles. The number of likely N-dealkylation sites (N-methyl/N-ethyl adjacent to an activating group) is 1. The van der Waals surface area contributed by atoms with Gasteiger partial charge in [-0.05, 0) is 51.1 Å². The third kappa shape index (κ3) is 4.70. The highest BCUT2D eigenvalue weighted by Gasteiger charge is 2.26. The summed E-state index contributed by atoms with van der Waals surface area (Å²) in [6.07, 6.45) is 10.1. The van der Waals surface area contributed by atoms with Gasteiger partial charge in [-0.3, -0.25) is 9.69 Å². The van der Waals surface area contributed by atoms with Crippen molar-refractivity contribution in [2.45, 2.75) is 57.5 Å². The predicted molar refractivity (Wildman–Crippen MR) is 98.7 cm³/mol. The highest BCUT2D eigenvalue weighted by molar-refractivity contribution is 5.78. The first-order valence-corrected chi connectivity index (χ1v) is 9.42. The van der Waals surface area contributed by atoms with E-state index in [1.165, 1.54) is 30.4 Å². The van der Waals surface area contributed by atoms with E-state index in [4.69, 9.17) is 0 Å². The van der Waals surface area contributed by atoms with Crippen LogP contribution in [0.1, 0.15) is 50.5 Å². The van der Waals surface area contributed by atoms with Crippen LogP contribution in [0.15, 0.2) is 42.0 Å². The molecule has 2 aliphatic rings. The zero-order chi connectivity index (χ0) is 16.8. The first-order chi connectivity index (χ1) is 11.7. The lowest BCUT2D eigenvalue weighted by Crippen LogP contribution is -2.48. The van der Waals surface area contributed by atoms with Crippen LogP contribution in [0.4, 0.5) is 0 Å². The third-order valence-electron chi connectivity index (χ3n) is 5.41. The van der Waals surface area contributed by atoms with E-state index in [0.29, 0.717) is 18.4 Å². The van der Waals surface area contributed by atoms with Crippen LogP contribution in [0.25, 0.3) is 0 Å². The first kappa shape index (κ1) is 17.2. The van der Waals surface area contributed by atoms with E-state index < -0.39 is 0 Å². The molecule has 1 aliphatic heterocycles. The van der Waals surface area contributed by atoms with E-state index in [1.807, 2.05) is 0 Å². The summed E-state index contributed by atoms with van der Waals surface area (Å²) in [5, 5.41) is 0. The molecular formula is C21H30N2O. The van der Waals surface area contributed by atoms with Crippen molar-refractivity contribution < 1.29 is 4.79 Å². The molecule has 0 radical (unpaired) electrons. The van der Waals surface area contributed by atoms with Gasteiger partial charge >= 0.3 is 0 Å². The fourth-order valence-corrected chi connectivity index (χ4v) is 3.91. The molecule has 130 valence electrons. The Bertz CT molecular complexity index is 566. The fraction of sp³-hybridized carbons (Fsp3) is 0.571. The van der Waals surface area contributed by atoms with Crippen LogP contribution in [-0.2, 0) is 11.3 Å². The van der Waals surface area contributed by atoms with Crippen LogP contribution < -0.4 is 0 Å². The Balaban J connectivity index is 1.53. The number of amides is 1. The Labute approximate surface area is 146 Å². The number of allylic oxidation sites excluding steroid dienone is 1. The Morgan fingerprint density at radius 1 is 1.21 bits per heavy atom. The normalized spacial score (nSPS) is 21.7. The fourth-order valence-electron chi connectivity index (χ4n) is 3.91. The van der Waals surface area contributed by atoms with Crippen molar-refractivity contribution in [2.24, 2.45) is 0 Å². The third-order valence-corrected chi connectivity index (χ3v) is 5.41. The summed E-state index contributed by atoms with van der Waals surface area (Å²) in [4.78, 5) is 17.2. The topological polar surface area (TPSA) is 23.6 Å². The lowest BCUT2D eigenvalue weighted by molar-refractivity contribution is -0.132. The maximum absolute atomic E-state index is 12.7. The van der Waals surface area contributed by atoms with Gasteiger partial charge < -0.3 is 4.90 Å². The van der Waals surface area contributed by atoms with Gasteiger partial charge in [0.05, 0.1) is 0 Å². The van der Waals surface area contributed by atoms with Crippen LogP contribution in [0.2, 0.25) is 0 Å². The lowest BCUT2D eigenvalue weighted by atomic mass is 9.96. The molecule has 0 spiro atoms.